The van der Waals surface area contributed by atoms with E-state index < -0.39 is 6.03 Å². The Bertz CT molecular complexity index is 414. The van der Waals surface area contributed by atoms with Gasteiger partial charge in [0.25, 0.3) is 0 Å². The minimum Gasteiger partial charge on any atom is -0.351 e. The summed E-state index contributed by atoms with van der Waals surface area (Å²) in [6, 6.07) is 7.85. The monoisotopic (exact) mass is 261 g/mol. The number of carbonyl (C=O) groups is 1. The summed E-state index contributed by atoms with van der Waals surface area (Å²) in [5.41, 5.74) is 6.96. The highest BCUT2D eigenvalue weighted by molar-refractivity contribution is 5.87. The molecule has 4 N–H and O–H groups in total. The van der Waals surface area contributed by atoms with Gasteiger partial charge in [0, 0.05) is 17.8 Å². The number of hydrogen-bond acceptors (Lipinski definition) is 2. The van der Waals surface area contributed by atoms with E-state index in [1.165, 1.54) is 5.56 Å². The van der Waals surface area contributed by atoms with Crippen molar-refractivity contribution >= 4 is 11.7 Å². The van der Waals surface area contributed by atoms with Crippen LogP contribution in [0.15, 0.2) is 36.9 Å². The smallest absolute Gasteiger partial charge is 0.316 e. The van der Waals surface area contributed by atoms with Crippen molar-refractivity contribution in [1.82, 2.24) is 5.32 Å². The Labute approximate surface area is 115 Å². The summed E-state index contributed by atoms with van der Waals surface area (Å²) in [4.78, 5) is 10.7. The van der Waals surface area contributed by atoms with Gasteiger partial charge in [-0.2, -0.15) is 0 Å². The highest BCUT2D eigenvalue weighted by Crippen LogP contribution is 2.17. The fourth-order valence-electron chi connectivity index (χ4n) is 1.97. The highest BCUT2D eigenvalue weighted by Gasteiger charge is 2.09. The molecule has 0 bridgehead atoms. The second-order valence-electron chi connectivity index (χ2n) is 4.77. The van der Waals surface area contributed by atoms with E-state index in [-0.39, 0.29) is 6.04 Å². The van der Waals surface area contributed by atoms with E-state index in [0.29, 0.717) is 11.7 Å². The van der Waals surface area contributed by atoms with Crippen LogP contribution in [0.2, 0.25) is 0 Å². The molecule has 1 rings (SSSR count). The molecule has 0 spiro atoms. The van der Waals surface area contributed by atoms with E-state index in [4.69, 9.17) is 5.73 Å². The average molecular weight is 261 g/mol. The lowest BCUT2D eigenvalue weighted by Gasteiger charge is -2.20. The van der Waals surface area contributed by atoms with Crippen molar-refractivity contribution in [2.24, 2.45) is 5.73 Å². The fourth-order valence-corrected chi connectivity index (χ4v) is 1.97. The van der Waals surface area contributed by atoms with Crippen molar-refractivity contribution in [1.29, 1.82) is 0 Å². The number of hydrogen-bond donors (Lipinski definition) is 3. The highest BCUT2D eigenvalue weighted by atomic mass is 16.2. The summed E-state index contributed by atoms with van der Waals surface area (Å²) >= 11 is 0. The molecule has 0 aliphatic heterocycles. The van der Waals surface area contributed by atoms with Gasteiger partial charge in [-0.3, -0.25) is 0 Å². The first-order valence-electron chi connectivity index (χ1n) is 6.56. The van der Waals surface area contributed by atoms with Crippen molar-refractivity contribution in [2.45, 2.75) is 38.8 Å². The first-order chi connectivity index (χ1) is 9.02. The van der Waals surface area contributed by atoms with Gasteiger partial charge in [0.15, 0.2) is 0 Å². The molecule has 2 amide bonds. The van der Waals surface area contributed by atoms with Gasteiger partial charge in [-0.25, -0.2) is 4.79 Å². The van der Waals surface area contributed by atoms with Gasteiger partial charge in [0.1, 0.15) is 0 Å². The Hall–Kier alpha value is -1.81. The molecule has 19 heavy (non-hydrogen) atoms. The van der Waals surface area contributed by atoms with Crippen molar-refractivity contribution < 1.29 is 4.79 Å². The molecular formula is C15H23N3O. The molecule has 1 aromatic rings. The molecule has 4 heteroatoms. The quantitative estimate of drug-likeness (QED) is 0.660. The lowest BCUT2D eigenvalue weighted by atomic mass is 10.1. The van der Waals surface area contributed by atoms with Gasteiger partial charge in [-0.1, -0.05) is 18.2 Å². The van der Waals surface area contributed by atoms with Crippen LogP contribution in [0.3, 0.4) is 0 Å². The summed E-state index contributed by atoms with van der Waals surface area (Å²) in [6.45, 7) is 8.03. The van der Waals surface area contributed by atoms with E-state index in [2.05, 4.69) is 31.1 Å². The second kappa shape index (κ2) is 7.59. The number of allylic oxidation sites excluding steroid dienone is 1. The molecular weight excluding hydrogens is 238 g/mol. The number of nitrogens with two attached hydrogens (primary N) is 1. The van der Waals surface area contributed by atoms with Crippen LogP contribution in [0.5, 0.6) is 0 Å². The maximum Gasteiger partial charge on any atom is 0.316 e. The summed E-state index contributed by atoms with van der Waals surface area (Å²) in [6.07, 6.45) is 4.03. The second-order valence-corrected chi connectivity index (χ2v) is 4.77. The van der Waals surface area contributed by atoms with Crippen LogP contribution in [0, 0.1) is 0 Å². The Morgan fingerprint density at radius 2 is 2.00 bits per heavy atom. The number of rotatable bonds is 7. The van der Waals surface area contributed by atoms with Gasteiger partial charge >= 0.3 is 6.03 Å². The molecule has 0 saturated carbocycles. The zero-order chi connectivity index (χ0) is 14.3. The van der Waals surface area contributed by atoms with Crippen LogP contribution in [-0.2, 0) is 0 Å². The lowest BCUT2D eigenvalue weighted by molar-refractivity contribution is 0.259. The molecule has 104 valence electrons. The number of carbonyl (C=O) groups excluding carboxylic acids is 1. The van der Waals surface area contributed by atoms with Crippen LogP contribution in [0.4, 0.5) is 10.5 Å². The van der Waals surface area contributed by atoms with Crippen molar-refractivity contribution in [3.05, 3.63) is 42.5 Å². The molecule has 0 aliphatic carbocycles. The van der Waals surface area contributed by atoms with E-state index in [1.54, 1.807) is 0 Å². The molecule has 0 fully saturated rings. The van der Waals surface area contributed by atoms with Gasteiger partial charge < -0.3 is 16.4 Å². The fraction of sp³-hybridized carbons (Fsp3) is 0.400. The first-order valence-corrected chi connectivity index (χ1v) is 6.56. The largest absolute Gasteiger partial charge is 0.351 e. The zero-order valence-corrected chi connectivity index (χ0v) is 11.6. The van der Waals surface area contributed by atoms with Gasteiger partial charge in [-0.15, -0.1) is 6.58 Å². The van der Waals surface area contributed by atoms with Gasteiger partial charge in [0.05, 0.1) is 0 Å². The van der Waals surface area contributed by atoms with E-state index in [9.17, 15) is 4.79 Å². The van der Waals surface area contributed by atoms with E-state index in [0.717, 1.165) is 12.8 Å². The molecule has 4 nitrogen and oxygen atoms in total. The predicted octanol–water partition coefficient (Wildman–Crippen LogP) is 3.18. The third-order valence-corrected chi connectivity index (χ3v) is 3.02. The number of benzene rings is 1. The maximum absolute atomic E-state index is 10.7. The Kier molecular flexibility index (Phi) is 6.09. The Morgan fingerprint density at radius 3 is 2.53 bits per heavy atom. The van der Waals surface area contributed by atoms with Crippen LogP contribution in [0.25, 0.3) is 0 Å². The molecule has 0 aliphatic rings. The van der Waals surface area contributed by atoms with Crippen LogP contribution < -0.4 is 16.4 Å². The molecule has 1 aromatic carbocycles. The normalized spacial score (nSPS) is 13.6. The number of nitrogens with one attached hydrogen (secondary N) is 2. The number of amides is 2. The number of anilines is 1. The molecule has 2 unspecified atom stereocenters. The van der Waals surface area contributed by atoms with Gasteiger partial charge in [-0.05, 0) is 44.4 Å². The predicted molar refractivity (Wildman–Crippen MR) is 80.1 cm³/mol. The molecule has 0 aromatic heterocycles. The minimum absolute atomic E-state index is 0.266. The van der Waals surface area contributed by atoms with Crippen molar-refractivity contribution in [2.75, 3.05) is 5.32 Å². The molecule has 0 heterocycles. The van der Waals surface area contributed by atoms with E-state index >= 15 is 0 Å². The third kappa shape index (κ3) is 5.57. The Balaban J connectivity index is 2.54. The summed E-state index contributed by atoms with van der Waals surface area (Å²) in [7, 11) is 0. The molecule has 0 radical (unpaired) electrons. The molecule has 0 saturated heterocycles. The first kappa shape index (κ1) is 15.2. The van der Waals surface area contributed by atoms with Crippen LogP contribution in [0.1, 0.15) is 38.3 Å². The number of primary amides is 1. The standard InChI is InChI=1S/C15H23N3O/c1-4-5-6-11(2)17-12(3)13-7-9-14(10-8-13)18-15(16)19/h4,7-12,17H,1,5-6H2,2-3H3,(H3,16,18,19). The van der Waals surface area contributed by atoms with Crippen LogP contribution in [-0.4, -0.2) is 12.1 Å². The third-order valence-electron chi connectivity index (χ3n) is 3.02. The topological polar surface area (TPSA) is 67.2 Å². The summed E-state index contributed by atoms with van der Waals surface area (Å²) < 4.78 is 0. The van der Waals surface area contributed by atoms with Gasteiger partial charge in [0.2, 0.25) is 0 Å². The minimum atomic E-state index is -0.544. The maximum atomic E-state index is 10.7. The Morgan fingerprint density at radius 1 is 1.37 bits per heavy atom. The zero-order valence-electron chi connectivity index (χ0n) is 11.6. The summed E-state index contributed by atoms with van der Waals surface area (Å²) in [5.74, 6) is 0. The average Bonchev–Trinajstić information content (AvgIpc) is 2.36. The van der Waals surface area contributed by atoms with Crippen molar-refractivity contribution in [3.8, 4) is 0 Å². The van der Waals surface area contributed by atoms with E-state index in [1.807, 2.05) is 30.3 Å². The molecule has 2 atom stereocenters. The SMILES string of the molecule is C=CCCC(C)NC(C)c1ccc(NC(N)=O)cc1. The summed E-state index contributed by atoms with van der Waals surface area (Å²) in [5, 5.41) is 6.08. The van der Waals surface area contributed by atoms with Crippen LogP contribution >= 0.6 is 0 Å². The lowest BCUT2D eigenvalue weighted by Crippen LogP contribution is -2.28. The number of urea groups is 1. The van der Waals surface area contributed by atoms with Crippen molar-refractivity contribution in [3.63, 3.8) is 0 Å².